The predicted molar refractivity (Wildman–Crippen MR) is 109 cm³/mol. The summed E-state index contributed by atoms with van der Waals surface area (Å²) in [6.07, 6.45) is 4.81. The summed E-state index contributed by atoms with van der Waals surface area (Å²) in [7, 11) is -3.94. The molecule has 0 radical (unpaired) electrons. The standard InChI is InChI=1S/C20H24BrNO4S/c1-12-7-13(2)18(14(3)8-12)27(25,26)22-11-15-5-6-20(4,21)10-16(15)9-17(22)19(23)24/h5-8,17H,9-11H2,1-4H3,(H,23,24). The fourth-order valence-electron chi connectivity index (χ4n) is 4.12. The number of sulfonamides is 1. The summed E-state index contributed by atoms with van der Waals surface area (Å²) in [4.78, 5) is 12.2. The van der Waals surface area contributed by atoms with Crippen molar-refractivity contribution in [1.29, 1.82) is 0 Å². The average molecular weight is 454 g/mol. The highest BCUT2D eigenvalue weighted by Crippen LogP contribution is 2.40. The second kappa shape index (κ2) is 6.87. The van der Waals surface area contributed by atoms with Crippen LogP contribution in [0.5, 0.6) is 0 Å². The number of carbonyl (C=O) groups is 1. The van der Waals surface area contributed by atoms with Crippen LogP contribution in [0.2, 0.25) is 0 Å². The zero-order valence-corrected chi connectivity index (χ0v) is 18.3. The minimum absolute atomic E-state index is 0.0843. The van der Waals surface area contributed by atoms with E-state index < -0.39 is 22.0 Å². The van der Waals surface area contributed by atoms with Gasteiger partial charge in [0.2, 0.25) is 10.0 Å². The van der Waals surface area contributed by atoms with Gasteiger partial charge in [-0.05, 0) is 57.2 Å². The SMILES string of the molecule is Cc1cc(C)c(S(=O)(=O)N2CC3=C(CC2C(=O)O)CC(C)(Br)C=C3)c(C)c1. The van der Waals surface area contributed by atoms with E-state index in [4.69, 9.17) is 0 Å². The topological polar surface area (TPSA) is 74.7 Å². The third kappa shape index (κ3) is 3.77. The van der Waals surface area contributed by atoms with Gasteiger partial charge in [0, 0.05) is 10.9 Å². The summed E-state index contributed by atoms with van der Waals surface area (Å²) in [5.74, 6) is -1.11. The lowest BCUT2D eigenvalue weighted by Gasteiger charge is -2.38. The Labute approximate surface area is 168 Å². The van der Waals surface area contributed by atoms with E-state index in [-0.39, 0.29) is 22.2 Å². The molecule has 27 heavy (non-hydrogen) atoms. The first kappa shape index (κ1) is 20.3. The zero-order valence-electron chi connectivity index (χ0n) is 15.9. The highest BCUT2D eigenvalue weighted by Gasteiger charge is 2.42. The highest BCUT2D eigenvalue weighted by atomic mass is 79.9. The molecule has 1 aromatic carbocycles. The highest BCUT2D eigenvalue weighted by molar-refractivity contribution is 9.10. The van der Waals surface area contributed by atoms with Gasteiger partial charge in [-0.2, -0.15) is 4.31 Å². The van der Waals surface area contributed by atoms with E-state index in [0.717, 1.165) is 21.0 Å². The lowest BCUT2D eigenvalue weighted by atomic mass is 9.84. The third-order valence-electron chi connectivity index (χ3n) is 5.22. The molecular weight excluding hydrogens is 430 g/mol. The number of nitrogens with zero attached hydrogens (tertiary/aromatic N) is 1. The first-order valence-electron chi connectivity index (χ1n) is 8.84. The second-order valence-corrected chi connectivity index (χ2v) is 11.4. The van der Waals surface area contributed by atoms with Gasteiger partial charge in [-0.25, -0.2) is 8.42 Å². The molecule has 3 rings (SSSR count). The first-order valence-corrected chi connectivity index (χ1v) is 11.1. The summed E-state index contributed by atoms with van der Waals surface area (Å²) < 4.78 is 27.9. The van der Waals surface area contributed by atoms with Crippen LogP contribution in [0, 0.1) is 20.8 Å². The fraction of sp³-hybridized carbons (Fsp3) is 0.450. The average Bonchev–Trinajstić information content (AvgIpc) is 2.51. The van der Waals surface area contributed by atoms with Gasteiger partial charge in [-0.15, -0.1) is 0 Å². The molecule has 0 saturated heterocycles. The smallest absolute Gasteiger partial charge is 0.322 e. The van der Waals surface area contributed by atoms with E-state index in [1.807, 2.05) is 38.1 Å². The maximum absolute atomic E-state index is 13.5. The predicted octanol–water partition coefficient (Wildman–Crippen LogP) is 3.87. The number of alkyl halides is 1. The van der Waals surface area contributed by atoms with Crippen molar-refractivity contribution < 1.29 is 18.3 Å². The van der Waals surface area contributed by atoms with E-state index in [2.05, 4.69) is 15.9 Å². The van der Waals surface area contributed by atoms with Crippen LogP contribution in [0.25, 0.3) is 0 Å². The molecule has 1 aliphatic heterocycles. The van der Waals surface area contributed by atoms with Crippen molar-refractivity contribution in [3.63, 3.8) is 0 Å². The number of hydrogen-bond acceptors (Lipinski definition) is 3. The van der Waals surface area contributed by atoms with E-state index in [0.29, 0.717) is 17.5 Å². The van der Waals surface area contributed by atoms with Gasteiger partial charge in [0.25, 0.3) is 0 Å². The molecule has 1 aliphatic carbocycles. The molecule has 0 spiro atoms. The Balaban J connectivity index is 2.09. The molecule has 146 valence electrons. The van der Waals surface area contributed by atoms with Crippen LogP contribution < -0.4 is 0 Å². The molecule has 0 saturated carbocycles. The molecule has 1 N–H and O–H groups in total. The summed E-state index contributed by atoms with van der Waals surface area (Å²) in [6, 6.07) is 2.55. The van der Waals surface area contributed by atoms with Crippen LogP contribution in [0.15, 0.2) is 40.3 Å². The van der Waals surface area contributed by atoms with Crippen LogP contribution in [0.1, 0.15) is 36.5 Å². The monoisotopic (exact) mass is 453 g/mol. The van der Waals surface area contributed by atoms with Gasteiger partial charge >= 0.3 is 5.97 Å². The van der Waals surface area contributed by atoms with Gasteiger partial charge < -0.3 is 5.11 Å². The number of carboxylic acids is 1. The third-order valence-corrected chi connectivity index (χ3v) is 7.92. The lowest BCUT2D eigenvalue weighted by molar-refractivity contribution is -0.141. The second-order valence-electron chi connectivity index (χ2n) is 7.75. The fourth-order valence-corrected chi connectivity index (χ4v) is 6.56. The number of aliphatic carboxylic acids is 1. The molecule has 2 atom stereocenters. The van der Waals surface area contributed by atoms with Crippen LogP contribution in [-0.4, -0.2) is 40.7 Å². The molecule has 0 amide bonds. The van der Waals surface area contributed by atoms with Gasteiger partial charge in [0.05, 0.1) is 4.90 Å². The molecule has 1 aromatic rings. The van der Waals surface area contributed by atoms with Crippen LogP contribution >= 0.6 is 15.9 Å². The number of benzene rings is 1. The molecule has 0 bridgehead atoms. The Morgan fingerprint density at radius 2 is 1.85 bits per heavy atom. The maximum Gasteiger partial charge on any atom is 0.322 e. The van der Waals surface area contributed by atoms with E-state index in [9.17, 15) is 18.3 Å². The number of halogens is 1. The number of rotatable bonds is 3. The number of hydrogen-bond donors (Lipinski definition) is 1. The van der Waals surface area contributed by atoms with Crippen LogP contribution in [0.3, 0.4) is 0 Å². The minimum Gasteiger partial charge on any atom is -0.480 e. The van der Waals surface area contributed by atoms with Crippen molar-refractivity contribution in [1.82, 2.24) is 4.31 Å². The van der Waals surface area contributed by atoms with Gasteiger partial charge in [-0.3, -0.25) is 4.79 Å². The first-order chi connectivity index (χ1) is 12.4. The Kier molecular flexibility index (Phi) is 5.16. The Morgan fingerprint density at radius 1 is 1.26 bits per heavy atom. The maximum atomic E-state index is 13.5. The molecule has 5 nitrogen and oxygen atoms in total. The number of aryl methyl sites for hydroxylation is 3. The van der Waals surface area contributed by atoms with E-state index in [1.54, 1.807) is 13.8 Å². The molecule has 1 heterocycles. The summed E-state index contributed by atoms with van der Waals surface area (Å²) in [5, 5.41) is 9.76. The number of carboxylic acid groups (broad SMARTS) is 1. The van der Waals surface area contributed by atoms with Crippen molar-refractivity contribution in [2.45, 2.75) is 55.8 Å². The normalized spacial score (nSPS) is 26.2. The Hall–Kier alpha value is -1.44. The summed E-state index contributed by atoms with van der Waals surface area (Å²) >= 11 is 3.63. The number of allylic oxidation sites excluding steroid dienone is 1. The molecule has 7 heteroatoms. The van der Waals surface area contributed by atoms with Crippen LogP contribution in [0.4, 0.5) is 0 Å². The van der Waals surface area contributed by atoms with Crippen molar-refractivity contribution >= 4 is 31.9 Å². The van der Waals surface area contributed by atoms with Crippen molar-refractivity contribution in [2.75, 3.05) is 6.54 Å². The summed E-state index contributed by atoms with van der Waals surface area (Å²) in [6.45, 7) is 7.53. The van der Waals surface area contributed by atoms with Crippen LogP contribution in [-0.2, 0) is 14.8 Å². The molecule has 0 aromatic heterocycles. The van der Waals surface area contributed by atoms with Crippen molar-refractivity contribution in [2.24, 2.45) is 0 Å². The van der Waals surface area contributed by atoms with Gasteiger partial charge in [-0.1, -0.05) is 51.4 Å². The Morgan fingerprint density at radius 3 is 2.41 bits per heavy atom. The van der Waals surface area contributed by atoms with Crippen molar-refractivity contribution in [3.05, 3.63) is 52.1 Å². The van der Waals surface area contributed by atoms with Gasteiger partial charge in [0.1, 0.15) is 6.04 Å². The van der Waals surface area contributed by atoms with Gasteiger partial charge in [0.15, 0.2) is 0 Å². The Bertz CT molecular complexity index is 953. The molecular formula is C20H24BrNO4S. The van der Waals surface area contributed by atoms with Crippen molar-refractivity contribution in [3.8, 4) is 0 Å². The van der Waals surface area contributed by atoms with E-state index in [1.165, 1.54) is 0 Å². The zero-order chi connectivity index (χ0) is 20.1. The summed E-state index contributed by atoms with van der Waals surface area (Å²) in [5.41, 5.74) is 4.17. The quantitative estimate of drug-likeness (QED) is 0.704. The minimum atomic E-state index is -3.94. The lowest BCUT2D eigenvalue weighted by Crippen LogP contribution is -2.49. The van der Waals surface area contributed by atoms with E-state index >= 15 is 0 Å². The molecule has 2 aliphatic rings. The molecule has 0 fully saturated rings. The molecule has 2 unspecified atom stereocenters. The largest absolute Gasteiger partial charge is 0.480 e.